The van der Waals surface area contributed by atoms with Crippen molar-refractivity contribution in [3.05, 3.63) is 35.7 Å². The Labute approximate surface area is 131 Å². The van der Waals surface area contributed by atoms with Crippen molar-refractivity contribution in [3.8, 4) is 0 Å². The lowest BCUT2D eigenvalue weighted by Gasteiger charge is -2.16. The molecule has 0 spiro atoms. The molecule has 0 rings (SSSR count). The van der Waals surface area contributed by atoms with Crippen molar-refractivity contribution < 1.29 is 13.5 Å². The van der Waals surface area contributed by atoms with Gasteiger partial charge in [-0.25, -0.2) is 18.8 Å². The second-order valence-corrected chi connectivity index (χ2v) is 4.95. The number of aliphatic imine (C=N–C) groups is 2. The zero-order valence-electron chi connectivity index (χ0n) is 13.9. The molecule has 0 fully saturated rings. The summed E-state index contributed by atoms with van der Waals surface area (Å²) in [6.45, 7) is 9.62. The van der Waals surface area contributed by atoms with Crippen LogP contribution in [0.2, 0.25) is 0 Å². The Bertz CT molecular complexity index is 478. The van der Waals surface area contributed by atoms with Gasteiger partial charge in [0.15, 0.2) is 6.40 Å². The predicted octanol–water partition coefficient (Wildman–Crippen LogP) is 3.73. The molecule has 124 valence electrons. The number of halogens is 2. The highest BCUT2D eigenvalue weighted by molar-refractivity contribution is 5.99. The van der Waals surface area contributed by atoms with E-state index in [2.05, 4.69) is 21.9 Å². The molecule has 0 heterocycles. The molecule has 6 heteroatoms. The van der Waals surface area contributed by atoms with Gasteiger partial charge in [0.2, 0.25) is 0 Å². The van der Waals surface area contributed by atoms with E-state index in [1.165, 1.54) is 19.6 Å². The minimum Gasteiger partial charge on any atom is -0.487 e. The Morgan fingerprint density at radius 1 is 1.36 bits per heavy atom. The molecule has 0 aliphatic heterocycles. The maximum Gasteiger partial charge on any atom is 0.171 e. The first-order valence-corrected chi connectivity index (χ1v) is 6.96. The van der Waals surface area contributed by atoms with Gasteiger partial charge in [0.1, 0.15) is 24.5 Å². The summed E-state index contributed by atoms with van der Waals surface area (Å²) in [6.07, 6.45) is 3.58. The highest BCUT2D eigenvalue weighted by Crippen LogP contribution is 2.14. The molecule has 0 aromatic carbocycles. The lowest BCUT2D eigenvalue weighted by molar-refractivity contribution is 0.418. The Kier molecular flexibility index (Phi) is 9.74. The van der Waals surface area contributed by atoms with Crippen molar-refractivity contribution in [3.63, 3.8) is 0 Å². The van der Waals surface area contributed by atoms with Crippen LogP contribution in [-0.4, -0.2) is 38.2 Å². The SMILES string of the molecule is C=CC(C)NC(=N\C(C)/N=C/OC)/C(CF)=C(\F)C=C(C)C. The third-order valence-electron chi connectivity index (χ3n) is 2.54. The third-order valence-corrected chi connectivity index (χ3v) is 2.54. The van der Waals surface area contributed by atoms with Gasteiger partial charge in [0.25, 0.3) is 0 Å². The van der Waals surface area contributed by atoms with E-state index in [1.54, 1.807) is 33.8 Å². The van der Waals surface area contributed by atoms with E-state index in [0.29, 0.717) is 0 Å². The minimum atomic E-state index is -0.980. The lowest BCUT2D eigenvalue weighted by atomic mass is 10.1. The quantitative estimate of drug-likeness (QED) is 0.321. The molecule has 0 radical (unpaired) electrons. The number of nitrogens with one attached hydrogen (secondary N) is 1. The average Bonchev–Trinajstić information content (AvgIpc) is 2.44. The molecule has 1 N–H and O–H groups in total. The fourth-order valence-corrected chi connectivity index (χ4v) is 1.43. The summed E-state index contributed by atoms with van der Waals surface area (Å²) >= 11 is 0. The van der Waals surface area contributed by atoms with Gasteiger partial charge in [-0.2, -0.15) is 0 Å². The van der Waals surface area contributed by atoms with Crippen LogP contribution in [0.15, 0.2) is 45.7 Å². The van der Waals surface area contributed by atoms with E-state index in [4.69, 9.17) is 4.74 Å². The van der Waals surface area contributed by atoms with Crippen molar-refractivity contribution >= 4 is 12.2 Å². The number of rotatable bonds is 8. The minimum absolute atomic E-state index is 0.116. The molecule has 0 aliphatic rings. The molecule has 22 heavy (non-hydrogen) atoms. The number of methoxy groups -OCH3 is 1. The van der Waals surface area contributed by atoms with E-state index in [-0.39, 0.29) is 17.5 Å². The summed E-state index contributed by atoms with van der Waals surface area (Å²) in [5.74, 6) is -0.543. The number of ether oxygens (including phenoxy) is 1. The van der Waals surface area contributed by atoms with Crippen LogP contribution < -0.4 is 5.32 Å². The van der Waals surface area contributed by atoms with Gasteiger partial charge in [0.05, 0.1) is 12.7 Å². The van der Waals surface area contributed by atoms with Crippen molar-refractivity contribution in [1.29, 1.82) is 0 Å². The van der Waals surface area contributed by atoms with Crippen LogP contribution in [0, 0.1) is 0 Å². The molecule has 4 nitrogen and oxygen atoms in total. The Morgan fingerprint density at radius 2 is 2.00 bits per heavy atom. The zero-order valence-corrected chi connectivity index (χ0v) is 13.9. The second kappa shape index (κ2) is 10.7. The molecule has 0 amide bonds. The molecule has 0 saturated carbocycles. The first kappa shape index (κ1) is 20.0. The maximum absolute atomic E-state index is 14.2. The first-order valence-electron chi connectivity index (χ1n) is 6.96. The van der Waals surface area contributed by atoms with E-state index >= 15 is 0 Å². The van der Waals surface area contributed by atoms with E-state index in [9.17, 15) is 8.78 Å². The summed E-state index contributed by atoms with van der Waals surface area (Å²) in [4.78, 5) is 8.18. The molecule has 0 aliphatic carbocycles. The van der Waals surface area contributed by atoms with Crippen molar-refractivity contribution in [2.24, 2.45) is 9.98 Å². The molecular weight excluding hydrogens is 288 g/mol. The van der Waals surface area contributed by atoms with Gasteiger partial charge in [0, 0.05) is 6.04 Å². The van der Waals surface area contributed by atoms with Crippen molar-refractivity contribution in [1.82, 2.24) is 5.32 Å². The predicted molar refractivity (Wildman–Crippen MR) is 88.7 cm³/mol. The van der Waals surface area contributed by atoms with E-state index in [0.717, 1.165) is 5.57 Å². The Hall–Kier alpha value is -1.98. The number of allylic oxidation sites excluding steroid dienone is 3. The van der Waals surface area contributed by atoms with E-state index < -0.39 is 18.7 Å². The normalized spacial score (nSPS) is 15.9. The Morgan fingerprint density at radius 3 is 2.45 bits per heavy atom. The summed E-state index contributed by atoms with van der Waals surface area (Å²) in [5.41, 5.74) is 0.583. The summed E-state index contributed by atoms with van der Waals surface area (Å²) in [6, 6.07) is -0.196. The van der Waals surface area contributed by atoms with Gasteiger partial charge in [-0.15, -0.1) is 6.58 Å². The average molecular weight is 313 g/mol. The zero-order chi connectivity index (χ0) is 17.1. The summed E-state index contributed by atoms with van der Waals surface area (Å²) in [5, 5.41) is 2.93. The van der Waals surface area contributed by atoms with Gasteiger partial charge < -0.3 is 10.1 Å². The number of nitrogens with zero attached hydrogens (tertiary/aromatic N) is 2. The number of amidine groups is 1. The van der Waals surface area contributed by atoms with Crippen LogP contribution in [0.4, 0.5) is 8.78 Å². The van der Waals surface area contributed by atoms with Gasteiger partial charge in [-0.1, -0.05) is 11.6 Å². The second-order valence-electron chi connectivity index (χ2n) is 4.95. The third kappa shape index (κ3) is 7.71. The van der Waals surface area contributed by atoms with Gasteiger partial charge in [-0.3, -0.25) is 0 Å². The lowest BCUT2D eigenvalue weighted by Crippen LogP contribution is -2.34. The van der Waals surface area contributed by atoms with Gasteiger partial charge in [-0.05, 0) is 33.8 Å². The largest absolute Gasteiger partial charge is 0.487 e. The molecule has 0 aromatic rings. The number of hydrogen-bond acceptors (Lipinski definition) is 3. The molecular formula is C16H25F2N3O. The van der Waals surface area contributed by atoms with Crippen molar-refractivity contribution in [2.45, 2.75) is 39.9 Å². The highest BCUT2D eigenvalue weighted by atomic mass is 19.1. The summed E-state index contributed by atoms with van der Waals surface area (Å²) in [7, 11) is 1.46. The smallest absolute Gasteiger partial charge is 0.171 e. The molecule has 0 bridgehead atoms. The number of alkyl halides is 1. The van der Waals surface area contributed by atoms with Crippen LogP contribution in [0.5, 0.6) is 0 Å². The fourth-order valence-electron chi connectivity index (χ4n) is 1.43. The monoisotopic (exact) mass is 313 g/mol. The summed E-state index contributed by atoms with van der Waals surface area (Å²) < 4.78 is 32.2. The standard InChI is InChI=1S/C16H25F2N3O/c1-7-12(4)20-16(21-13(5)19-10-22-6)14(9-17)15(18)8-11(2)3/h7-8,10,12-13H,1,9H2,2-6H3,(H,20,21)/b15-14-,19-10+. The maximum atomic E-state index is 14.2. The molecule has 0 aromatic heterocycles. The highest BCUT2D eigenvalue weighted by Gasteiger charge is 2.15. The van der Waals surface area contributed by atoms with Gasteiger partial charge >= 0.3 is 0 Å². The number of hydrogen-bond donors (Lipinski definition) is 1. The fraction of sp³-hybridized carbons (Fsp3) is 0.500. The van der Waals surface area contributed by atoms with Crippen LogP contribution >= 0.6 is 0 Å². The van der Waals surface area contributed by atoms with Crippen LogP contribution in [0.3, 0.4) is 0 Å². The topological polar surface area (TPSA) is 46.0 Å². The van der Waals surface area contributed by atoms with Crippen LogP contribution in [0.1, 0.15) is 27.7 Å². The molecule has 0 saturated heterocycles. The van der Waals surface area contributed by atoms with Crippen LogP contribution in [0.25, 0.3) is 0 Å². The molecule has 2 unspecified atom stereocenters. The Balaban J connectivity index is 5.72. The van der Waals surface area contributed by atoms with E-state index in [1.807, 2.05) is 0 Å². The van der Waals surface area contributed by atoms with Crippen molar-refractivity contribution in [2.75, 3.05) is 13.8 Å². The first-order chi connectivity index (χ1) is 10.3. The van der Waals surface area contributed by atoms with Crippen LogP contribution in [-0.2, 0) is 4.74 Å². The molecule has 2 atom stereocenters.